The molecule has 0 aromatic carbocycles. The number of rotatable bonds is 6. The van der Waals surface area contributed by atoms with Crippen LogP contribution in [0.2, 0.25) is 0 Å². The summed E-state index contributed by atoms with van der Waals surface area (Å²) in [5, 5.41) is 29.9. The van der Waals surface area contributed by atoms with Crippen LogP contribution in [0, 0.1) is 17.3 Å². The van der Waals surface area contributed by atoms with Gasteiger partial charge in [0, 0.05) is 6.61 Å². The van der Waals surface area contributed by atoms with Gasteiger partial charge in [-0.25, -0.2) is 0 Å². The van der Waals surface area contributed by atoms with Crippen LogP contribution in [-0.2, 0) is 4.74 Å². The first kappa shape index (κ1) is 23.7. The molecule has 4 heteroatoms. The highest BCUT2D eigenvalue weighted by Gasteiger charge is 2.51. The molecule has 0 aliphatic heterocycles. The van der Waals surface area contributed by atoms with Crippen molar-refractivity contribution in [3.05, 3.63) is 35.5 Å². The Labute approximate surface area is 182 Å². The van der Waals surface area contributed by atoms with Gasteiger partial charge < -0.3 is 20.1 Å². The van der Waals surface area contributed by atoms with E-state index >= 15 is 0 Å². The highest BCUT2D eigenvalue weighted by molar-refractivity contribution is 5.38. The highest BCUT2D eigenvalue weighted by atomic mass is 16.5. The zero-order valence-corrected chi connectivity index (χ0v) is 19.4. The Bertz CT molecular complexity index is 686. The quantitative estimate of drug-likeness (QED) is 0.585. The van der Waals surface area contributed by atoms with Crippen LogP contribution in [0.15, 0.2) is 35.5 Å². The van der Waals surface area contributed by atoms with Gasteiger partial charge in [-0.3, -0.25) is 0 Å². The third kappa shape index (κ3) is 5.09. The van der Waals surface area contributed by atoms with Gasteiger partial charge in [-0.1, -0.05) is 31.2 Å². The van der Waals surface area contributed by atoms with Crippen molar-refractivity contribution in [2.24, 2.45) is 17.3 Å². The predicted octanol–water partition coefficient (Wildman–Crippen LogP) is 4.69. The van der Waals surface area contributed by atoms with E-state index in [2.05, 4.69) is 32.6 Å². The fraction of sp³-hybridized carbons (Fsp3) is 0.769. The van der Waals surface area contributed by atoms with Gasteiger partial charge in [-0.2, -0.15) is 0 Å². The van der Waals surface area contributed by atoms with E-state index in [1.54, 1.807) is 0 Å². The second kappa shape index (κ2) is 9.28. The minimum Gasteiger partial charge on any atom is -0.390 e. The van der Waals surface area contributed by atoms with Crippen molar-refractivity contribution in [3.8, 4) is 0 Å². The van der Waals surface area contributed by atoms with E-state index in [0.717, 1.165) is 18.4 Å². The summed E-state index contributed by atoms with van der Waals surface area (Å²) in [7, 11) is 0. The Morgan fingerprint density at radius 3 is 2.63 bits per heavy atom. The van der Waals surface area contributed by atoms with Crippen LogP contribution in [0.3, 0.4) is 0 Å². The number of hydrogen-bond acceptors (Lipinski definition) is 4. The second-order valence-electron chi connectivity index (χ2n) is 10.7. The average molecular weight is 419 g/mol. The van der Waals surface area contributed by atoms with Gasteiger partial charge in [-0.15, -0.1) is 0 Å². The summed E-state index contributed by atoms with van der Waals surface area (Å²) < 4.78 is 6.19. The third-order valence-corrected chi connectivity index (χ3v) is 8.04. The lowest BCUT2D eigenvalue weighted by Crippen LogP contribution is -2.39. The van der Waals surface area contributed by atoms with Gasteiger partial charge in [-0.05, 0) is 101 Å². The molecule has 0 aromatic rings. The van der Waals surface area contributed by atoms with E-state index in [9.17, 15) is 15.3 Å². The van der Waals surface area contributed by atoms with Crippen LogP contribution in [0.4, 0.5) is 0 Å². The summed E-state index contributed by atoms with van der Waals surface area (Å²) >= 11 is 0. The van der Waals surface area contributed by atoms with Crippen molar-refractivity contribution in [3.63, 3.8) is 0 Å². The lowest BCUT2D eigenvalue weighted by atomic mass is 9.62. The van der Waals surface area contributed by atoms with Crippen LogP contribution in [0.25, 0.3) is 0 Å². The monoisotopic (exact) mass is 418 g/mol. The molecule has 0 bridgehead atoms. The van der Waals surface area contributed by atoms with Crippen LogP contribution in [-0.4, -0.2) is 45.8 Å². The summed E-state index contributed by atoms with van der Waals surface area (Å²) in [6.45, 7) is 12.9. The molecule has 0 spiro atoms. The molecule has 1 unspecified atom stereocenters. The van der Waals surface area contributed by atoms with Crippen molar-refractivity contribution < 1.29 is 20.1 Å². The average Bonchev–Trinajstić information content (AvgIpc) is 3.02. The highest BCUT2D eigenvalue weighted by Crippen LogP contribution is 2.58. The normalized spacial score (nSPS) is 38.8. The zero-order chi connectivity index (χ0) is 22.1. The zero-order valence-electron chi connectivity index (χ0n) is 19.4. The van der Waals surface area contributed by atoms with Gasteiger partial charge in [0.15, 0.2) is 0 Å². The Hall–Kier alpha value is -0.940. The molecule has 170 valence electrons. The maximum Gasteiger partial charge on any atom is 0.105 e. The van der Waals surface area contributed by atoms with Gasteiger partial charge in [0.1, 0.15) is 6.10 Å². The Morgan fingerprint density at radius 1 is 1.20 bits per heavy atom. The van der Waals surface area contributed by atoms with E-state index in [-0.39, 0.29) is 11.5 Å². The Kier molecular flexibility index (Phi) is 7.33. The number of ether oxygens (including phenoxy) is 1. The molecule has 0 amide bonds. The molecule has 3 aliphatic carbocycles. The van der Waals surface area contributed by atoms with Gasteiger partial charge in [0.25, 0.3) is 0 Å². The van der Waals surface area contributed by atoms with Crippen LogP contribution in [0.5, 0.6) is 0 Å². The first-order chi connectivity index (χ1) is 14.0. The Morgan fingerprint density at radius 2 is 1.93 bits per heavy atom. The lowest BCUT2D eigenvalue weighted by molar-refractivity contribution is -0.0454. The molecule has 3 N–H and O–H groups in total. The first-order valence-electron chi connectivity index (χ1n) is 11.8. The van der Waals surface area contributed by atoms with Gasteiger partial charge in [0.2, 0.25) is 0 Å². The van der Waals surface area contributed by atoms with E-state index in [1.807, 2.05) is 13.8 Å². The molecule has 30 heavy (non-hydrogen) atoms. The minimum absolute atomic E-state index is 0.204. The number of allylic oxidation sites excluding steroid dienone is 3. The standard InChI is InChI=1S/C26H42O4/c1-17-19(10-13-23(27)24(17)28)8-9-20-7-6-14-26(5)21(11-12-22(20)26)18(2)30-16-15-25(3,4)29/h8-9,18,21-24,27-29H,1,6-7,10-16H2,2-5H3/b19-8-,20-9+/t18-,21+,22-,23?,24-,26+/m0/s1. The van der Waals surface area contributed by atoms with E-state index in [1.165, 1.54) is 31.3 Å². The SMILES string of the molecule is C=C1/C(=C\C=C2/CCC[C@]3(C)[C@@H]([C@H](C)OCCC(C)(C)O)CC[C@@H]23)CCC(O)[C@H]1O. The molecule has 0 radical (unpaired) electrons. The molecule has 0 saturated heterocycles. The van der Waals surface area contributed by atoms with Crippen molar-refractivity contribution in [2.75, 3.05) is 6.61 Å². The van der Waals surface area contributed by atoms with E-state index in [0.29, 0.717) is 36.9 Å². The molecule has 0 heterocycles. The predicted molar refractivity (Wildman–Crippen MR) is 121 cm³/mol. The summed E-state index contributed by atoms with van der Waals surface area (Å²) in [4.78, 5) is 0. The summed E-state index contributed by atoms with van der Waals surface area (Å²) in [5.41, 5.74) is 2.85. The van der Waals surface area contributed by atoms with E-state index < -0.39 is 17.8 Å². The van der Waals surface area contributed by atoms with E-state index in [4.69, 9.17) is 4.74 Å². The molecule has 3 aliphatic rings. The van der Waals surface area contributed by atoms with Crippen LogP contribution in [0.1, 0.15) is 79.1 Å². The number of fused-ring (bicyclic) bond motifs is 1. The van der Waals surface area contributed by atoms with Crippen LogP contribution < -0.4 is 0 Å². The molecule has 4 nitrogen and oxygen atoms in total. The smallest absolute Gasteiger partial charge is 0.105 e. The fourth-order valence-corrected chi connectivity index (χ4v) is 6.10. The molecule has 0 aromatic heterocycles. The molecule has 3 rings (SSSR count). The molecule has 6 atom stereocenters. The van der Waals surface area contributed by atoms with Gasteiger partial charge in [0.05, 0.1) is 17.8 Å². The minimum atomic E-state index is -0.835. The summed E-state index contributed by atoms with van der Waals surface area (Å²) in [5.74, 6) is 1.13. The topological polar surface area (TPSA) is 69.9 Å². The van der Waals surface area contributed by atoms with Crippen molar-refractivity contribution in [1.29, 1.82) is 0 Å². The number of aliphatic hydroxyl groups is 3. The maximum absolute atomic E-state index is 10.1. The Balaban J connectivity index is 1.69. The number of hydrogen-bond donors (Lipinski definition) is 3. The van der Waals surface area contributed by atoms with Crippen molar-refractivity contribution in [1.82, 2.24) is 0 Å². The third-order valence-electron chi connectivity index (χ3n) is 8.04. The first-order valence-corrected chi connectivity index (χ1v) is 11.8. The molecule has 3 fully saturated rings. The summed E-state index contributed by atoms with van der Waals surface area (Å²) in [6, 6.07) is 0. The fourth-order valence-electron chi connectivity index (χ4n) is 6.10. The number of aliphatic hydroxyl groups excluding tert-OH is 2. The lowest BCUT2D eigenvalue weighted by Gasteiger charge is -2.44. The maximum atomic E-state index is 10.1. The summed E-state index contributed by atoms with van der Waals surface area (Å²) in [6.07, 6.45) is 11.1. The molecular formula is C26H42O4. The van der Waals surface area contributed by atoms with Gasteiger partial charge >= 0.3 is 0 Å². The molecular weight excluding hydrogens is 376 g/mol. The van der Waals surface area contributed by atoms with Crippen molar-refractivity contribution in [2.45, 2.75) is 103 Å². The second-order valence-corrected chi connectivity index (χ2v) is 10.7. The largest absolute Gasteiger partial charge is 0.390 e. The van der Waals surface area contributed by atoms with Crippen molar-refractivity contribution >= 4 is 0 Å². The van der Waals surface area contributed by atoms with Crippen LogP contribution >= 0.6 is 0 Å². The molecule has 3 saturated carbocycles.